The van der Waals surface area contributed by atoms with Crippen molar-refractivity contribution in [3.8, 4) is 0 Å². The second-order valence-corrected chi connectivity index (χ2v) is 3.08. The number of carbonyl (C=O) groups is 1. The van der Waals surface area contributed by atoms with Crippen LogP contribution in [0.15, 0.2) is 6.33 Å². The number of H-pyrrole nitrogens is 1. The maximum atomic E-state index is 11.4. The van der Waals surface area contributed by atoms with E-state index < -0.39 is 5.79 Å². The summed E-state index contributed by atoms with van der Waals surface area (Å²) in [6, 6.07) is 0. The van der Waals surface area contributed by atoms with E-state index in [0.717, 1.165) is 0 Å². The van der Waals surface area contributed by atoms with Crippen molar-refractivity contribution in [1.29, 1.82) is 0 Å². The van der Waals surface area contributed by atoms with Crippen molar-refractivity contribution in [2.45, 2.75) is 12.7 Å². The Hall–Kier alpha value is -1.56. The summed E-state index contributed by atoms with van der Waals surface area (Å²) in [6.07, 6.45) is 1.48. The van der Waals surface area contributed by atoms with Crippen LogP contribution in [0.4, 0.5) is 5.82 Å². The average molecular weight is 181 g/mol. The minimum atomic E-state index is -0.614. The number of nitrogens with one attached hydrogen (secondary N) is 4. The van der Waals surface area contributed by atoms with Crippen molar-refractivity contribution >= 4 is 11.7 Å². The normalized spacial score (nSPS) is 26.2. The van der Waals surface area contributed by atoms with Gasteiger partial charge in [-0.2, -0.15) is 0 Å². The highest BCUT2D eigenvalue weighted by atomic mass is 16.2. The monoisotopic (exact) mass is 181 g/mol. The molecule has 1 aliphatic heterocycles. The first-order valence-corrected chi connectivity index (χ1v) is 3.97. The van der Waals surface area contributed by atoms with Gasteiger partial charge in [-0.25, -0.2) is 4.98 Å². The second kappa shape index (κ2) is 2.46. The number of imidazole rings is 1. The van der Waals surface area contributed by atoms with E-state index in [4.69, 9.17) is 0 Å². The molecular weight excluding hydrogens is 170 g/mol. The van der Waals surface area contributed by atoms with Crippen LogP contribution < -0.4 is 16.0 Å². The second-order valence-electron chi connectivity index (χ2n) is 3.08. The molecule has 0 saturated carbocycles. The van der Waals surface area contributed by atoms with Crippen LogP contribution in [0.3, 0.4) is 0 Å². The summed E-state index contributed by atoms with van der Waals surface area (Å²) in [5, 5.41) is 8.76. The van der Waals surface area contributed by atoms with Gasteiger partial charge in [0.05, 0.1) is 6.33 Å². The van der Waals surface area contributed by atoms with E-state index in [2.05, 4.69) is 25.9 Å². The lowest BCUT2D eigenvalue weighted by atomic mass is 10.2. The topological polar surface area (TPSA) is 81.8 Å². The molecule has 6 nitrogen and oxygen atoms in total. The van der Waals surface area contributed by atoms with Crippen LogP contribution in [0.2, 0.25) is 0 Å². The van der Waals surface area contributed by atoms with Gasteiger partial charge in [-0.05, 0) is 14.0 Å². The molecule has 1 aliphatic rings. The number of hydrogen-bond donors (Lipinski definition) is 4. The van der Waals surface area contributed by atoms with Crippen LogP contribution in [0.25, 0.3) is 0 Å². The third kappa shape index (κ3) is 1.15. The molecule has 0 aromatic carbocycles. The molecule has 2 heterocycles. The molecule has 0 fully saturated rings. The van der Waals surface area contributed by atoms with E-state index in [1.165, 1.54) is 6.33 Å². The van der Waals surface area contributed by atoms with Gasteiger partial charge in [0.15, 0.2) is 11.5 Å². The molecule has 6 heteroatoms. The Morgan fingerprint density at radius 3 is 3.00 bits per heavy atom. The Morgan fingerprint density at radius 2 is 2.31 bits per heavy atom. The number of nitrogens with zero attached hydrogens (tertiary/aromatic N) is 1. The lowest BCUT2D eigenvalue weighted by Gasteiger charge is -2.34. The minimum absolute atomic E-state index is 0.188. The Bertz CT molecular complexity index is 346. The van der Waals surface area contributed by atoms with Gasteiger partial charge in [0, 0.05) is 0 Å². The molecule has 1 aromatic heterocycles. The predicted octanol–water partition coefficient (Wildman–Crippen LogP) is -0.542. The SMILES string of the molecule is CNC1(C)NC(=O)c2nc[nH]c2N1. The molecule has 0 aliphatic carbocycles. The maximum absolute atomic E-state index is 11.4. The molecule has 0 saturated heterocycles. The highest BCUT2D eigenvalue weighted by Gasteiger charge is 2.33. The molecule has 0 radical (unpaired) electrons. The van der Waals surface area contributed by atoms with E-state index >= 15 is 0 Å². The lowest BCUT2D eigenvalue weighted by Crippen LogP contribution is -2.63. The third-order valence-corrected chi connectivity index (χ3v) is 2.09. The quantitative estimate of drug-likeness (QED) is 0.469. The minimum Gasteiger partial charge on any atom is -0.335 e. The van der Waals surface area contributed by atoms with Crippen molar-refractivity contribution in [3.05, 3.63) is 12.0 Å². The number of aromatic nitrogens is 2. The number of carbonyl (C=O) groups excluding carboxylic acids is 1. The fourth-order valence-corrected chi connectivity index (χ4v) is 1.25. The fourth-order valence-electron chi connectivity index (χ4n) is 1.25. The van der Waals surface area contributed by atoms with Gasteiger partial charge in [0.2, 0.25) is 0 Å². The number of fused-ring (bicyclic) bond motifs is 1. The van der Waals surface area contributed by atoms with E-state index in [0.29, 0.717) is 11.5 Å². The van der Waals surface area contributed by atoms with Crippen LogP contribution in [-0.4, -0.2) is 28.7 Å². The average Bonchev–Trinajstić information content (AvgIpc) is 2.52. The van der Waals surface area contributed by atoms with Gasteiger partial charge < -0.3 is 15.6 Å². The summed E-state index contributed by atoms with van der Waals surface area (Å²) in [7, 11) is 1.76. The number of amides is 1. The molecule has 1 atom stereocenters. The van der Waals surface area contributed by atoms with Crippen LogP contribution in [0, 0.1) is 0 Å². The molecule has 1 aromatic rings. The number of hydrogen-bond acceptors (Lipinski definition) is 4. The Balaban J connectivity index is 2.39. The lowest BCUT2D eigenvalue weighted by molar-refractivity contribution is 0.0890. The third-order valence-electron chi connectivity index (χ3n) is 2.09. The van der Waals surface area contributed by atoms with Gasteiger partial charge in [0.25, 0.3) is 5.91 Å². The van der Waals surface area contributed by atoms with E-state index in [1.54, 1.807) is 7.05 Å². The summed E-state index contributed by atoms with van der Waals surface area (Å²) in [5.41, 5.74) is 0.396. The Labute approximate surface area is 75.1 Å². The zero-order valence-corrected chi connectivity index (χ0v) is 7.43. The van der Waals surface area contributed by atoms with Gasteiger partial charge in [-0.1, -0.05) is 0 Å². The number of anilines is 1. The summed E-state index contributed by atoms with van der Waals surface area (Å²) in [6.45, 7) is 1.83. The number of rotatable bonds is 1. The van der Waals surface area contributed by atoms with Crippen molar-refractivity contribution in [2.24, 2.45) is 0 Å². The molecule has 2 rings (SSSR count). The number of aromatic amines is 1. The molecular formula is C7H11N5O. The van der Waals surface area contributed by atoms with Crippen molar-refractivity contribution < 1.29 is 4.79 Å². The van der Waals surface area contributed by atoms with Crippen molar-refractivity contribution in [2.75, 3.05) is 12.4 Å². The first kappa shape index (κ1) is 8.06. The van der Waals surface area contributed by atoms with Crippen LogP contribution in [-0.2, 0) is 0 Å². The van der Waals surface area contributed by atoms with Gasteiger partial charge >= 0.3 is 0 Å². The van der Waals surface area contributed by atoms with Gasteiger partial charge in [0.1, 0.15) is 5.82 Å². The van der Waals surface area contributed by atoms with Gasteiger partial charge in [-0.3, -0.25) is 10.1 Å². The molecule has 0 bridgehead atoms. The molecule has 13 heavy (non-hydrogen) atoms. The summed E-state index contributed by atoms with van der Waals surface area (Å²) >= 11 is 0. The van der Waals surface area contributed by atoms with Gasteiger partial charge in [-0.15, -0.1) is 0 Å². The van der Waals surface area contributed by atoms with Crippen LogP contribution in [0.1, 0.15) is 17.4 Å². The fraction of sp³-hybridized carbons (Fsp3) is 0.429. The first-order valence-electron chi connectivity index (χ1n) is 3.97. The molecule has 0 spiro atoms. The highest BCUT2D eigenvalue weighted by Crippen LogP contribution is 2.18. The molecule has 70 valence electrons. The zero-order chi connectivity index (χ0) is 9.47. The van der Waals surface area contributed by atoms with E-state index in [1.807, 2.05) is 6.92 Å². The largest absolute Gasteiger partial charge is 0.335 e. The predicted molar refractivity (Wildman–Crippen MR) is 47.1 cm³/mol. The molecule has 1 unspecified atom stereocenters. The maximum Gasteiger partial charge on any atom is 0.276 e. The summed E-state index contributed by atoms with van der Waals surface area (Å²) < 4.78 is 0. The first-order chi connectivity index (χ1) is 6.14. The van der Waals surface area contributed by atoms with Crippen LogP contribution in [0.5, 0.6) is 0 Å². The zero-order valence-electron chi connectivity index (χ0n) is 7.43. The Kier molecular flexibility index (Phi) is 1.53. The molecule has 4 N–H and O–H groups in total. The van der Waals surface area contributed by atoms with E-state index in [-0.39, 0.29) is 5.91 Å². The summed E-state index contributed by atoms with van der Waals surface area (Å²) in [5.74, 6) is -0.163. The smallest absolute Gasteiger partial charge is 0.276 e. The summed E-state index contributed by atoms with van der Waals surface area (Å²) in [4.78, 5) is 18.2. The van der Waals surface area contributed by atoms with Crippen LogP contribution >= 0.6 is 0 Å². The van der Waals surface area contributed by atoms with Crippen molar-refractivity contribution in [3.63, 3.8) is 0 Å². The Morgan fingerprint density at radius 1 is 1.54 bits per heavy atom. The highest BCUT2D eigenvalue weighted by molar-refractivity contribution is 5.99. The van der Waals surface area contributed by atoms with Crippen molar-refractivity contribution in [1.82, 2.24) is 20.6 Å². The van der Waals surface area contributed by atoms with E-state index in [9.17, 15) is 4.79 Å². The molecule has 1 amide bonds. The standard InChI is InChI=1S/C7H11N5O/c1-7(8-2)11-5-4(6(13)12-7)9-3-10-5/h3,8,11H,1-2H3,(H,9,10)(H,12,13).